The maximum absolute atomic E-state index is 10.1. The zero-order valence-electron chi connectivity index (χ0n) is 11.8. The lowest BCUT2D eigenvalue weighted by Gasteiger charge is -2.19. The number of hydrogen-bond acceptors (Lipinski definition) is 2. The van der Waals surface area contributed by atoms with Crippen LogP contribution in [0.5, 0.6) is 0 Å². The maximum Gasteiger partial charge on any atom is 0.0807 e. The summed E-state index contributed by atoms with van der Waals surface area (Å²) in [5, 5.41) is 10.1. The zero-order chi connectivity index (χ0) is 13.2. The van der Waals surface area contributed by atoms with Gasteiger partial charge < -0.3 is 14.4 Å². The standard InChI is InChI=1S/C15H25NO2/c1-15(2,3)18-9-8-16-10-12-6-4-5-7-14(17)13(12)11-16/h10-11,14,17H,4-9H2,1-3H3. The summed E-state index contributed by atoms with van der Waals surface area (Å²) in [5.41, 5.74) is 2.36. The van der Waals surface area contributed by atoms with Crippen LogP contribution in [-0.4, -0.2) is 21.9 Å². The van der Waals surface area contributed by atoms with E-state index in [1.165, 1.54) is 12.0 Å². The highest BCUT2D eigenvalue weighted by Crippen LogP contribution is 2.29. The topological polar surface area (TPSA) is 34.4 Å². The van der Waals surface area contributed by atoms with Crippen LogP contribution in [0.2, 0.25) is 0 Å². The summed E-state index contributed by atoms with van der Waals surface area (Å²) in [5.74, 6) is 0. The predicted octanol–water partition coefficient (Wildman–Crippen LogP) is 3.06. The van der Waals surface area contributed by atoms with Crippen LogP contribution >= 0.6 is 0 Å². The van der Waals surface area contributed by atoms with Gasteiger partial charge in [0.1, 0.15) is 0 Å². The van der Waals surface area contributed by atoms with E-state index in [2.05, 4.69) is 37.7 Å². The molecular weight excluding hydrogens is 226 g/mol. The minimum Gasteiger partial charge on any atom is -0.388 e. The third kappa shape index (κ3) is 3.59. The van der Waals surface area contributed by atoms with E-state index in [0.29, 0.717) is 6.61 Å². The van der Waals surface area contributed by atoms with Crippen LogP contribution in [0.3, 0.4) is 0 Å². The van der Waals surface area contributed by atoms with Gasteiger partial charge in [-0.2, -0.15) is 0 Å². The second kappa shape index (κ2) is 5.45. The second-order valence-electron chi connectivity index (χ2n) is 6.20. The fourth-order valence-corrected chi connectivity index (χ4v) is 2.48. The Balaban J connectivity index is 1.97. The molecule has 0 amide bonds. The molecule has 3 nitrogen and oxygen atoms in total. The van der Waals surface area contributed by atoms with E-state index in [1.54, 1.807) is 0 Å². The van der Waals surface area contributed by atoms with Gasteiger partial charge in [0.05, 0.1) is 18.3 Å². The molecule has 1 aromatic rings. The lowest BCUT2D eigenvalue weighted by atomic mass is 10.1. The third-order valence-electron chi connectivity index (χ3n) is 3.41. The van der Waals surface area contributed by atoms with Gasteiger partial charge in [-0.1, -0.05) is 6.42 Å². The largest absolute Gasteiger partial charge is 0.388 e. The summed E-state index contributed by atoms with van der Waals surface area (Å²) in [6, 6.07) is 0. The Bertz CT molecular complexity index is 390. The molecule has 1 aliphatic rings. The van der Waals surface area contributed by atoms with Crippen LogP contribution in [-0.2, 0) is 17.7 Å². The normalized spacial score (nSPS) is 20.6. The SMILES string of the molecule is CC(C)(C)OCCn1cc2c(c1)C(O)CCCC2. The van der Waals surface area contributed by atoms with E-state index >= 15 is 0 Å². The smallest absolute Gasteiger partial charge is 0.0807 e. The fourth-order valence-electron chi connectivity index (χ4n) is 2.48. The van der Waals surface area contributed by atoms with E-state index in [4.69, 9.17) is 4.74 Å². The van der Waals surface area contributed by atoms with Crippen molar-refractivity contribution in [3.05, 3.63) is 23.5 Å². The first-order valence-electron chi connectivity index (χ1n) is 6.96. The van der Waals surface area contributed by atoms with Crippen LogP contribution in [0.4, 0.5) is 0 Å². The fraction of sp³-hybridized carbons (Fsp3) is 0.733. The van der Waals surface area contributed by atoms with Crippen molar-refractivity contribution >= 4 is 0 Å². The Morgan fingerprint density at radius 1 is 1.33 bits per heavy atom. The summed E-state index contributed by atoms with van der Waals surface area (Å²) in [6.45, 7) is 7.79. The highest BCUT2D eigenvalue weighted by atomic mass is 16.5. The lowest BCUT2D eigenvalue weighted by Crippen LogP contribution is -2.21. The number of ether oxygens (including phenoxy) is 1. The van der Waals surface area contributed by atoms with Gasteiger partial charge >= 0.3 is 0 Å². The molecule has 2 rings (SSSR count). The molecule has 0 bridgehead atoms. The lowest BCUT2D eigenvalue weighted by molar-refractivity contribution is -0.00683. The minimum atomic E-state index is -0.271. The molecule has 1 aliphatic carbocycles. The molecule has 0 aromatic carbocycles. The summed E-state index contributed by atoms with van der Waals surface area (Å²) in [7, 11) is 0. The van der Waals surface area contributed by atoms with Gasteiger partial charge in [0.15, 0.2) is 0 Å². The Labute approximate surface area is 110 Å². The number of nitrogens with zero attached hydrogens (tertiary/aromatic N) is 1. The highest BCUT2D eigenvalue weighted by molar-refractivity contribution is 5.27. The molecule has 1 aromatic heterocycles. The predicted molar refractivity (Wildman–Crippen MR) is 72.7 cm³/mol. The molecule has 1 atom stereocenters. The van der Waals surface area contributed by atoms with Gasteiger partial charge in [-0.05, 0) is 45.6 Å². The summed E-state index contributed by atoms with van der Waals surface area (Å²) in [4.78, 5) is 0. The average Bonchev–Trinajstić information content (AvgIpc) is 2.58. The number of aryl methyl sites for hydroxylation is 1. The first kappa shape index (κ1) is 13.6. The van der Waals surface area contributed by atoms with E-state index in [0.717, 1.165) is 31.4 Å². The molecule has 0 fully saturated rings. The number of hydrogen-bond donors (Lipinski definition) is 1. The van der Waals surface area contributed by atoms with E-state index in [9.17, 15) is 5.11 Å². The average molecular weight is 251 g/mol. The summed E-state index contributed by atoms with van der Waals surface area (Å²) in [6.07, 6.45) is 8.31. The van der Waals surface area contributed by atoms with Gasteiger partial charge in [0.25, 0.3) is 0 Å². The highest BCUT2D eigenvalue weighted by Gasteiger charge is 2.18. The number of aromatic nitrogens is 1. The van der Waals surface area contributed by atoms with Gasteiger partial charge in [-0.15, -0.1) is 0 Å². The van der Waals surface area contributed by atoms with E-state index in [1.807, 2.05) is 0 Å². The molecule has 0 radical (unpaired) electrons. The second-order valence-corrected chi connectivity index (χ2v) is 6.20. The molecule has 0 saturated heterocycles. The Kier molecular flexibility index (Phi) is 4.13. The number of aliphatic hydroxyl groups is 1. The third-order valence-corrected chi connectivity index (χ3v) is 3.41. The van der Waals surface area contributed by atoms with Gasteiger partial charge in [0, 0.05) is 24.5 Å². The molecule has 0 spiro atoms. The molecule has 18 heavy (non-hydrogen) atoms. The van der Waals surface area contributed by atoms with Crippen molar-refractivity contribution in [2.75, 3.05) is 6.61 Å². The zero-order valence-corrected chi connectivity index (χ0v) is 11.8. The van der Waals surface area contributed by atoms with Crippen LogP contribution < -0.4 is 0 Å². The van der Waals surface area contributed by atoms with Crippen LogP contribution in [0.1, 0.15) is 57.3 Å². The van der Waals surface area contributed by atoms with Gasteiger partial charge in [-0.25, -0.2) is 0 Å². The van der Waals surface area contributed by atoms with Crippen molar-refractivity contribution in [3.63, 3.8) is 0 Å². The molecule has 0 saturated carbocycles. The van der Waals surface area contributed by atoms with Crippen molar-refractivity contribution in [1.82, 2.24) is 4.57 Å². The van der Waals surface area contributed by atoms with Crippen molar-refractivity contribution in [1.29, 1.82) is 0 Å². The minimum absolute atomic E-state index is 0.0796. The monoisotopic (exact) mass is 251 g/mol. The van der Waals surface area contributed by atoms with E-state index in [-0.39, 0.29) is 11.7 Å². The van der Waals surface area contributed by atoms with Gasteiger partial charge in [0.2, 0.25) is 0 Å². The van der Waals surface area contributed by atoms with Crippen molar-refractivity contribution in [3.8, 4) is 0 Å². The Hall–Kier alpha value is -0.800. The Morgan fingerprint density at radius 2 is 2.11 bits per heavy atom. The molecule has 102 valence electrons. The molecule has 0 aliphatic heterocycles. The molecule has 1 heterocycles. The number of fused-ring (bicyclic) bond motifs is 1. The first-order chi connectivity index (χ1) is 8.46. The van der Waals surface area contributed by atoms with Gasteiger partial charge in [-0.3, -0.25) is 0 Å². The summed E-state index contributed by atoms with van der Waals surface area (Å²) >= 11 is 0. The molecule has 3 heteroatoms. The van der Waals surface area contributed by atoms with E-state index < -0.39 is 0 Å². The molecular formula is C15H25NO2. The van der Waals surface area contributed by atoms with Crippen LogP contribution in [0.25, 0.3) is 0 Å². The number of rotatable bonds is 3. The van der Waals surface area contributed by atoms with Crippen LogP contribution in [0, 0.1) is 0 Å². The van der Waals surface area contributed by atoms with Crippen molar-refractivity contribution < 1.29 is 9.84 Å². The number of aliphatic hydroxyl groups excluding tert-OH is 1. The quantitative estimate of drug-likeness (QED) is 0.838. The van der Waals surface area contributed by atoms with Crippen LogP contribution in [0.15, 0.2) is 12.4 Å². The first-order valence-corrected chi connectivity index (χ1v) is 6.96. The molecule has 1 unspecified atom stereocenters. The maximum atomic E-state index is 10.1. The summed E-state index contributed by atoms with van der Waals surface area (Å²) < 4.78 is 7.89. The van der Waals surface area contributed by atoms with Crippen molar-refractivity contribution in [2.45, 2.75) is 64.7 Å². The molecule has 1 N–H and O–H groups in total. The van der Waals surface area contributed by atoms with Crippen molar-refractivity contribution in [2.24, 2.45) is 0 Å². The Morgan fingerprint density at radius 3 is 2.83 bits per heavy atom.